The highest BCUT2D eigenvalue weighted by molar-refractivity contribution is 5.85. The van der Waals surface area contributed by atoms with Crippen LogP contribution in [0.4, 0.5) is 8.78 Å². The number of benzene rings is 3. The molecule has 0 aliphatic carbocycles. The van der Waals surface area contributed by atoms with Gasteiger partial charge in [0, 0.05) is 19.5 Å². The third kappa shape index (κ3) is 5.78. The lowest BCUT2D eigenvalue weighted by Gasteiger charge is -2.41. The van der Waals surface area contributed by atoms with E-state index >= 15 is 0 Å². The van der Waals surface area contributed by atoms with Crippen molar-refractivity contribution in [2.24, 2.45) is 5.92 Å². The van der Waals surface area contributed by atoms with Crippen LogP contribution in [0.3, 0.4) is 0 Å². The normalized spacial score (nSPS) is 18.1. The zero-order chi connectivity index (χ0) is 23.9. The first-order chi connectivity index (χ1) is 16.5. The van der Waals surface area contributed by atoms with E-state index in [0.29, 0.717) is 19.4 Å². The van der Waals surface area contributed by atoms with Gasteiger partial charge < -0.3 is 15.0 Å². The molecule has 1 aliphatic rings. The van der Waals surface area contributed by atoms with Gasteiger partial charge in [-0.15, -0.1) is 0 Å². The largest absolute Gasteiger partial charge is 0.435 e. The van der Waals surface area contributed by atoms with Crippen LogP contribution in [-0.2, 0) is 22.7 Å². The Morgan fingerprint density at radius 3 is 2.24 bits per heavy atom. The lowest BCUT2D eigenvalue weighted by atomic mass is 9.83. The molecule has 3 aromatic rings. The molecule has 1 aliphatic heterocycles. The molecule has 1 saturated heterocycles. The minimum atomic E-state index is -2.88. The molecule has 1 fully saturated rings. The zero-order valence-electron chi connectivity index (χ0n) is 18.6. The molecule has 34 heavy (non-hydrogen) atoms. The second-order valence-electron chi connectivity index (χ2n) is 8.25. The molecule has 5 nitrogen and oxygen atoms in total. The summed E-state index contributed by atoms with van der Waals surface area (Å²) in [5.74, 6) is -0.467. The predicted molar refractivity (Wildman–Crippen MR) is 124 cm³/mol. The molecule has 2 unspecified atom stereocenters. The fourth-order valence-electron chi connectivity index (χ4n) is 4.37. The minimum absolute atomic E-state index is 0.0244. The van der Waals surface area contributed by atoms with E-state index in [0.717, 1.165) is 16.7 Å². The Kier molecular flexibility index (Phi) is 7.52. The maximum Gasteiger partial charge on any atom is 0.387 e. The topological polar surface area (TPSA) is 58.6 Å². The number of halogens is 2. The van der Waals surface area contributed by atoms with Crippen LogP contribution in [0.1, 0.15) is 35.6 Å². The maximum atomic E-state index is 13.3. The Morgan fingerprint density at radius 1 is 0.941 bits per heavy atom. The van der Waals surface area contributed by atoms with Crippen LogP contribution < -0.4 is 10.1 Å². The minimum Gasteiger partial charge on any atom is -0.435 e. The van der Waals surface area contributed by atoms with E-state index in [9.17, 15) is 18.4 Å². The van der Waals surface area contributed by atoms with Crippen LogP contribution >= 0.6 is 0 Å². The Hall–Kier alpha value is -3.74. The summed E-state index contributed by atoms with van der Waals surface area (Å²) in [7, 11) is 0. The number of alkyl halides is 2. The van der Waals surface area contributed by atoms with Gasteiger partial charge in [0.25, 0.3) is 0 Å². The molecule has 0 bridgehead atoms. The van der Waals surface area contributed by atoms with Gasteiger partial charge in [0.2, 0.25) is 11.8 Å². The summed E-state index contributed by atoms with van der Waals surface area (Å²) >= 11 is 0. The number of nitrogens with one attached hydrogen (secondary N) is 1. The zero-order valence-corrected chi connectivity index (χ0v) is 18.6. The number of hydrogen-bond donors (Lipinski definition) is 1. The van der Waals surface area contributed by atoms with E-state index < -0.39 is 12.5 Å². The molecule has 176 valence electrons. The Balaban J connectivity index is 1.51. The van der Waals surface area contributed by atoms with Gasteiger partial charge in [0.05, 0.1) is 12.0 Å². The number of likely N-dealkylation sites (tertiary alicyclic amines) is 1. The van der Waals surface area contributed by atoms with Gasteiger partial charge in [0.15, 0.2) is 0 Å². The van der Waals surface area contributed by atoms with Gasteiger partial charge in [-0.3, -0.25) is 9.59 Å². The lowest BCUT2D eigenvalue weighted by molar-refractivity contribution is -0.144. The number of nitrogens with zero attached hydrogens (tertiary/aromatic N) is 1. The van der Waals surface area contributed by atoms with Crippen LogP contribution in [-0.4, -0.2) is 23.3 Å². The van der Waals surface area contributed by atoms with Crippen LogP contribution in [0.25, 0.3) is 0 Å². The Labute approximate surface area is 197 Å². The second-order valence-corrected chi connectivity index (χ2v) is 8.25. The number of hydrogen-bond acceptors (Lipinski definition) is 3. The predicted octanol–water partition coefficient (Wildman–Crippen LogP) is 5.08. The SMILES string of the molecule is O=C(NCc1ccc(OC(F)F)cc1)C1CCC(=O)N(Cc2ccccc2)C1c1ccccc1. The molecule has 0 saturated carbocycles. The molecule has 0 radical (unpaired) electrons. The quantitative estimate of drug-likeness (QED) is 0.506. The molecule has 1 N–H and O–H groups in total. The molecular formula is C27H26F2N2O3. The number of carbonyl (C=O) groups excluding carboxylic acids is 2. The highest BCUT2D eigenvalue weighted by atomic mass is 19.3. The Bertz CT molecular complexity index is 1090. The van der Waals surface area contributed by atoms with E-state index in [1.54, 1.807) is 17.0 Å². The first kappa shape index (κ1) is 23.4. The van der Waals surface area contributed by atoms with Gasteiger partial charge >= 0.3 is 6.61 Å². The van der Waals surface area contributed by atoms with Gasteiger partial charge in [-0.25, -0.2) is 0 Å². The first-order valence-electron chi connectivity index (χ1n) is 11.2. The molecule has 3 aromatic carbocycles. The summed E-state index contributed by atoms with van der Waals surface area (Å²) in [5, 5.41) is 2.96. The van der Waals surface area contributed by atoms with Crippen molar-refractivity contribution in [2.75, 3.05) is 0 Å². The first-order valence-corrected chi connectivity index (χ1v) is 11.2. The lowest BCUT2D eigenvalue weighted by Crippen LogP contribution is -2.47. The van der Waals surface area contributed by atoms with Crippen molar-refractivity contribution in [1.29, 1.82) is 0 Å². The van der Waals surface area contributed by atoms with E-state index in [1.165, 1.54) is 12.1 Å². The van der Waals surface area contributed by atoms with E-state index in [-0.39, 0.29) is 30.2 Å². The highest BCUT2D eigenvalue weighted by Gasteiger charge is 2.40. The molecule has 2 atom stereocenters. The number of carbonyl (C=O) groups is 2. The summed E-state index contributed by atoms with van der Waals surface area (Å²) < 4.78 is 29.1. The maximum absolute atomic E-state index is 13.3. The highest BCUT2D eigenvalue weighted by Crippen LogP contribution is 2.38. The second kappa shape index (κ2) is 10.9. The average Bonchev–Trinajstić information content (AvgIpc) is 2.85. The van der Waals surface area contributed by atoms with Crippen LogP contribution in [0.15, 0.2) is 84.9 Å². The van der Waals surface area contributed by atoms with Crippen LogP contribution in [0.2, 0.25) is 0 Å². The summed E-state index contributed by atoms with van der Waals surface area (Å²) in [5.41, 5.74) is 2.68. The summed E-state index contributed by atoms with van der Waals surface area (Å²) in [6.45, 7) is -2.21. The molecule has 2 amide bonds. The molecular weight excluding hydrogens is 438 g/mol. The smallest absolute Gasteiger partial charge is 0.387 e. The number of amides is 2. The molecule has 1 heterocycles. The van der Waals surface area contributed by atoms with Gasteiger partial charge in [-0.05, 0) is 35.2 Å². The van der Waals surface area contributed by atoms with Crippen molar-refractivity contribution in [2.45, 2.75) is 38.6 Å². The van der Waals surface area contributed by atoms with Gasteiger partial charge in [0.1, 0.15) is 5.75 Å². The number of ether oxygens (including phenoxy) is 1. The molecule has 7 heteroatoms. The third-order valence-corrected chi connectivity index (χ3v) is 6.00. The Morgan fingerprint density at radius 2 is 1.59 bits per heavy atom. The number of piperidine rings is 1. The summed E-state index contributed by atoms with van der Waals surface area (Å²) in [6.07, 6.45) is 0.755. The monoisotopic (exact) mass is 464 g/mol. The van der Waals surface area contributed by atoms with Crippen molar-refractivity contribution in [3.63, 3.8) is 0 Å². The average molecular weight is 465 g/mol. The van der Waals surface area contributed by atoms with E-state index in [4.69, 9.17) is 0 Å². The van der Waals surface area contributed by atoms with Crippen molar-refractivity contribution < 1.29 is 23.1 Å². The fraction of sp³-hybridized carbons (Fsp3) is 0.259. The molecule has 0 aromatic heterocycles. The van der Waals surface area contributed by atoms with Gasteiger partial charge in [-0.2, -0.15) is 8.78 Å². The van der Waals surface area contributed by atoms with Gasteiger partial charge in [-0.1, -0.05) is 72.8 Å². The van der Waals surface area contributed by atoms with Crippen molar-refractivity contribution in [3.05, 3.63) is 102 Å². The summed E-state index contributed by atoms with van der Waals surface area (Å²) in [6, 6.07) is 25.1. The van der Waals surface area contributed by atoms with Crippen LogP contribution in [0.5, 0.6) is 5.75 Å². The van der Waals surface area contributed by atoms with Crippen molar-refractivity contribution in [1.82, 2.24) is 10.2 Å². The van der Waals surface area contributed by atoms with Crippen LogP contribution in [0, 0.1) is 5.92 Å². The molecule has 0 spiro atoms. The fourth-order valence-corrected chi connectivity index (χ4v) is 4.37. The standard InChI is InChI=1S/C27H26F2N2O3/c28-27(29)34-22-13-11-19(12-14-22)17-30-26(33)23-15-16-24(32)31(18-20-7-3-1-4-8-20)25(23)21-9-5-2-6-10-21/h1-14,23,25,27H,15-18H2,(H,30,33). The third-order valence-electron chi connectivity index (χ3n) is 6.00. The molecule has 4 rings (SSSR count). The number of rotatable bonds is 8. The van der Waals surface area contributed by atoms with E-state index in [2.05, 4.69) is 10.1 Å². The summed E-state index contributed by atoms with van der Waals surface area (Å²) in [4.78, 5) is 28.1. The van der Waals surface area contributed by atoms with E-state index in [1.807, 2.05) is 60.7 Å². The van der Waals surface area contributed by atoms with Crippen molar-refractivity contribution >= 4 is 11.8 Å². The van der Waals surface area contributed by atoms with Crippen molar-refractivity contribution in [3.8, 4) is 5.75 Å².